The van der Waals surface area contributed by atoms with Gasteiger partial charge in [0.05, 0.1) is 0 Å². The molecule has 2 heterocycles. The predicted octanol–water partition coefficient (Wildman–Crippen LogP) is 1.92. The largest absolute Gasteiger partial charge is 0.306 e. The van der Waals surface area contributed by atoms with E-state index in [2.05, 4.69) is 37.6 Å². The monoisotopic (exact) mass is 210 g/mol. The molecule has 2 fully saturated rings. The normalized spacial score (nSPS) is 34.4. The summed E-state index contributed by atoms with van der Waals surface area (Å²) in [5.41, 5.74) is 0.458. The minimum Gasteiger partial charge on any atom is -0.306 e. The quantitative estimate of drug-likeness (QED) is 0.652. The molecule has 0 aromatic rings. The second kappa shape index (κ2) is 4.06. The van der Waals surface area contributed by atoms with Gasteiger partial charge in [-0.25, -0.2) is 0 Å². The molecule has 2 heteroatoms. The van der Waals surface area contributed by atoms with E-state index in [0.717, 1.165) is 11.8 Å². The first kappa shape index (κ1) is 11.4. The topological polar surface area (TPSA) is 6.48 Å². The molecule has 2 unspecified atom stereocenters. The number of piperidine rings is 1. The minimum atomic E-state index is 0.458. The summed E-state index contributed by atoms with van der Waals surface area (Å²) in [5, 5.41) is 0. The van der Waals surface area contributed by atoms with Crippen LogP contribution < -0.4 is 0 Å². The number of hydrogen-bond acceptors (Lipinski definition) is 2. The van der Waals surface area contributed by atoms with Crippen molar-refractivity contribution in [1.29, 1.82) is 0 Å². The van der Waals surface area contributed by atoms with Crippen LogP contribution in [0, 0.1) is 17.3 Å². The number of hydrogen-bond donors (Lipinski definition) is 0. The summed E-state index contributed by atoms with van der Waals surface area (Å²) in [7, 11) is 2.27. The maximum Gasteiger partial charge on any atom is 0.00303 e. The van der Waals surface area contributed by atoms with Crippen molar-refractivity contribution in [2.75, 3.05) is 39.8 Å². The number of rotatable bonds is 1. The van der Waals surface area contributed by atoms with E-state index in [0.29, 0.717) is 5.41 Å². The second-order valence-corrected chi connectivity index (χ2v) is 6.83. The van der Waals surface area contributed by atoms with Crippen LogP contribution in [0.5, 0.6) is 0 Å². The van der Waals surface area contributed by atoms with Crippen molar-refractivity contribution in [3.05, 3.63) is 0 Å². The molecule has 88 valence electrons. The van der Waals surface area contributed by atoms with Crippen LogP contribution in [0.1, 0.15) is 27.2 Å². The van der Waals surface area contributed by atoms with Gasteiger partial charge in [-0.15, -0.1) is 0 Å². The first-order valence-electron chi connectivity index (χ1n) is 6.35. The van der Waals surface area contributed by atoms with Gasteiger partial charge in [-0.2, -0.15) is 0 Å². The zero-order chi connectivity index (χ0) is 11.1. The van der Waals surface area contributed by atoms with E-state index in [1.807, 2.05) is 0 Å². The van der Waals surface area contributed by atoms with Gasteiger partial charge < -0.3 is 9.80 Å². The molecular weight excluding hydrogens is 184 g/mol. The lowest BCUT2D eigenvalue weighted by atomic mass is 9.89. The summed E-state index contributed by atoms with van der Waals surface area (Å²) in [5.74, 6) is 1.94. The highest BCUT2D eigenvalue weighted by atomic mass is 15.2. The van der Waals surface area contributed by atoms with Crippen molar-refractivity contribution < 1.29 is 0 Å². The summed E-state index contributed by atoms with van der Waals surface area (Å²) < 4.78 is 0. The minimum absolute atomic E-state index is 0.458. The van der Waals surface area contributed by atoms with Crippen LogP contribution in [0.4, 0.5) is 0 Å². The molecule has 0 spiro atoms. The molecule has 2 nitrogen and oxygen atoms in total. The standard InChI is InChI=1S/C13H26N2/c1-13(2,3)10-15-8-11-5-6-14(4)7-12(11)9-15/h11-12H,5-10H2,1-4H3. The van der Waals surface area contributed by atoms with E-state index in [9.17, 15) is 0 Å². The SMILES string of the molecule is CN1CCC2CN(CC(C)(C)C)CC2C1. The Kier molecular flexibility index (Phi) is 3.09. The van der Waals surface area contributed by atoms with Gasteiger partial charge in [0.2, 0.25) is 0 Å². The van der Waals surface area contributed by atoms with Crippen LogP contribution in [0.3, 0.4) is 0 Å². The average molecular weight is 210 g/mol. The summed E-state index contributed by atoms with van der Waals surface area (Å²) in [4.78, 5) is 5.19. The van der Waals surface area contributed by atoms with Gasteiger partial charge in [0, 0.05) is 26.2 Å². The second-order valence-electron chi connectivity index (χ2n) is 6.83. The molecule has 0 saturated carbocycles. The van der Waals surface area contributed by atoms with Crippen LogP contribution in [0.25, 0.3) is 0 Å². The first-order valence-corrected chi connectivity index (χ1v) is 6.35. The highest BCUT2D eigenvalue weighted by Gasteiger charge is 2.36. The molecular formula is C13H26N2. The third-order valence-corrected chi connectivity index (χ3v) is 3.78. The van der Waals surface area contributed by atoms with Gasteiger partial charge in [0.15, 0.2) is 0 Å². The van der Waals surface area contributed by atoms with Crippen LogP contribution in [-0.4, -0.2) is 49.6 Å². The fourth-order valence-electron chi connectivity index (χ4n) is 3.25. The third-order valence-electron chi connectivity index (χ3n) is 3.78. The van der Waals surface area contributed by atoms with Crippen molar-refractivity contribution in [3.8, 4) is 0 Å². The summed E-state index contributed by atoms with van der Waals surface area (Å²) in [6, 6.07) is 0. The molecule has 0 aromatic heterocycles. The molecule has 15 heavy (non-hydrogen) atoms. The lowest BCUT2D eigenvalue weighted by Crippen LogP contribution is -2.37. The molecule has 0 aliphatic carbocycles. The number of nitrogens with zero attached hydrogens (tertiary/aromatic N) is 2. The molecule has 0 aromatic carbocycles. The Labute approximate surface area is 94.6 Å². The van der Waals surface area contributed by atoms with Gasteiger partial charge in [-0.1, -0.05) is 20.8 Å². The van der Waals surface area contributed by atoms with E-state index in [4.69, 9.17) is 0 Å². The summed E-state index contributed by atoms with van der Waals surface area (Å²) in [6.07, 6.45) is 1.42. The molecule has 2 saturated heterocycles. The highest BCUT2D eigenvalue weighted by Crippen LogP contribution is 2.32. The Morgan fingerprint density at radius 1 is 1.07 bits per heavy atom. The zero-order valence-corrected chi connectivity index (χ0v) is 10.8. The molecule has 2 aliphatic heterocycles. The van der Waals surface area contributed by atoms with Gasteiger partial charge in [0.25, 0.3) is 0 Å². The highest BCUT2D eigenvalue weighted by molar-refractivity contribution is 4.90. The Morgan fingerprint density at radius 3 is 2.40 bits per heavy atom. The predicted molar refractivity (Wildman–Crippen MR) is 65.0 cm³/mol. The molecule has 2 rings (SSSR count). The van der Waals surface area contributed by atoms with E-state index in [-0.39, 0.29) is 0 Å². The van der Waals surface area contributed by atoms with Crippen molar-refractivity contribution in [3.63, 3.8) is 0 Å². The Balaban J connectivity index is 1.88. The van der Waals surface area contributed by atoms with Crippen molar-refractivity contribution >= 4 is 0 Å². The first-order chi connectivity index (χ1) is 6.94. The zero-order valence-electron chi connectivity index (χ0n) is 10.8. The van der Waals surface area contributed by atoms with Gasteiger partial charge in [-0.05, 0) is 37.3 Å². The van der Waals surface area contributed by atoms with Gasteiger partial charge >= 0.3 is 0 Å². The summed E-state index contributed by atoms with van der Waals surface area (Å²) >= 11 is 0. The van der Waals surface area contributed by atoms with Crippen LogP contribution in [0.15, 0.2) is 0 Å². The van der Waals surface area contributed by atoms with Gasteiger partial charge in [0.1, 0.15) is 0 Å². The van der Waals surface area contributed by atoms with E-state index in [1.165, 1.54) is 39.1 Å². The van der Waals surface area contributed by atoms with E-state index in [1.54, 1.807) is 0 Å². The number of fused-ring (bicyclic) bond motifs is 1. The van der Waals surface area contributed by atoms with Crippen LogP contribution in [0.2, 0.25) is 0 Å². The number of likely N-dealkylation sites (tertiary alicyclic amines) is 2. The summed E-state index contributed by atoms with van der Waals surface area (Å²) in [6.45, 7) is 13.6. The molecule has 0 radical (unpaired) electrons. The lowest BCUT2D eigenvalue weighted by Gasteiger charge is -2.31. The average Bonchev–Trinajstić information content (AvgIpc) is 2.42. The van der Waals surface area contributed by atoms with Gasteiger partial charge in [-0.3, -0.25) is 0 Å². The van der Waals surface area contributed by atoms with Crippen LogP contribution in [-0.2, 0) is 0 Å². The molecule has 0 bridgehead atoms. The fraction of sp³-hybridized carbons (Fsp3) is 1.00. The molecule has 0 N–H and O–H groups in total. The smallest absolute Gasteiger partial charge is 0.00303 e. The Morgan fingerprint density at radius 2 is 1.73 bits per heavy atom. The fourth-order valence-corrected chi connectivity index (χ4v) is 3.25. The molecule has 2 atom stereocenters. The maximum atomic E-state index is 2.69. The van der Waals surface area contributed by atoms with E-state index < -0.39 is 0 Å². The van der Waals surface area contributed by atoms with Crippen molar-refractivity contribution in [1.82, 2.24) is 9.80 Å². The Hall–Kier alpha value is -0.0800. The van der Waals surface area contributed by atoms with Crippen LogP contribution >= 0.6 is 0 Å². The lowest BCUT2D eigenvalue weighted by molar-refractivity contribution is 0.178. The molecule has 0 amide bonds. The maximum absolute atomic E-state index is 2.69. The van der Waals surface area contributed by atoms with Crippen molar-refractivity contribution in [2.45, 2.75) is 27.2 Å². The Bertz CT molecular complexity index is 219. The third kappa shape index (κ3) is 2.94. The van der Waals surface area contributed by atoms with Crippen molar-refractivity contribution in [2.24, 2.45) is 17.3 Å². The molecule has 2 aliphatic rings. The van der Waals surface area contributed by atoms with E-state index >= 15 is 0 Å².